The zero-order valence-electron chi connectivity index (χ0n) is 8.29. The molecule has 0 radical (unpaired) electrons. The number of rotatable bonds is 2. The molecule has 16 heavy (non-hydrogen) atoms. The summed E-state index contributed by atoms with van der Waals surface area (Å²) in [5.74, 6) is 0. The molecule has 0 saturated carbocycles. The van der Waals surface area contributed by atoms with Gasteiger partial charge in [-0.1, -0.05) is 0 Å². The van der Waals surface area contributed by atoms with Gasteiger partial charge in [-0.15, -0.1) is 0 Å². The van der Waals surface area contributed by atoms with E-state index in [1.807, 2.05) is 36.4 Å². The van der Waals surface area contributed by atoms with E-state index in [2.05, 4.69) is 24.3 Å². The van der Waals surface area contributed by atoms with Crippen LogP contribution in [-0.4, -0.2) is 0 Å². The van der Waals surface area contributed by atoms with E-state index >= 15 is 0 Å². The molecule has 0 saturated heterocycles. The van der Waals surface area contributed by atoms with Crippen molar-refractivity contribution in [2.45, 2.75) is 0 Å². The topological polar surface area (TPSA) is 0 Å². The van der Waals surface area contributed by atoms with Gasteiger partial charge in [0.15, 0.2) is 0 Å². The van der Waals surface area contributed by atoms with Crippen molar-refractivity contribution in [2.24, 2.45) is 0 Å². The summed E-state index contributed by atoms with van der Waals surface area (Å²) in [7, 11) is 11.3. The van der Waals surface area contributed by atoms with E-state index < -0.39 is 0 Å². The van der Waals surface area contributed by atoms with Crippen LogP contribution < -0.4 is 40.2 Å². The molecule has 0 aliphatic rings. The molecule has 0 spiro atoms. The van der Waals surface area contributed by atoms with Crippen molar-refractivity contribution in [3.05, 3.63) is 67.8 Å². The van der Waals surface area contributed by atoms with Crippen LogP contribution in [0.1, 0.15) is 0 Å². The molecule has 0 heterocycles. The van der Waals surface area contributed by atoms with E-state index in [0.717, 1.165) is 0 Å². The Balaban J connectivity index is 0.000000160. The number of benzene rings is 2. The van der Waals surface area contributed by atoms with Gasteiger partial charge >= 0.3 is 126 Å². The van der Waals surface area contributed by atoms with Gasteiger partial charge in [0.05, 0.1) is 0 Å². The molecule has 4 heteroatoms. The summed E-state index contributed by atoms with van der Waals surface area (Å²) in [6.45, 7) is 0. The van der Waals surface area contributed by atoms with Crippen molar-refractivity contribution in [1.29, 1.82) is 0 Å². The van der Waals surface area contributed by atoms with E-state index in [1.165, 1.54) is 7.14 Å². The Morgan fingerprint density at radius 3 is 1.06 bits per heavy atom. The Labute approximate surface area is 124 Å². The van der Waals surface area contributed by atoms with Crippen molar-refractivity contribution in [3.63, 3.8) is 0 Å². The fraction of sp³-hybridized carbons (Fsp3) is 0. The van der Waals surface area contributed by atoms with Gasteiger partial charge in [-0.25, -0.2) is 0 Å². The fourth-order valence-corrected chi connectivity index (χ4v) is 3.58. The fourth-order valence-electron chi connectivity index (χ4n) is 0.925. The molecule has 0 fully saturated rings. The first-order valence-electron chi connectivity index (χ1n) is 4.49. The normalized spacial score (nSPS) is 9.62. The van der Waals surface area contributed by atoms with Crippen molar-refractivity contribution < 1.29 is 40.2 Å². The van der Waals surface area contributed by atoms with Crippen LogP contribution in [0.4, 0.5) is 0 Å². The third kappa shape index (κ3) is 6.27. The Morgan fingerprint density at radius 1 is 0.562 bits per heavy atom. The molecule has 0 atom stereocenters. The zero-order chi connectivity index (χ0) is 11.6. The quantitative estimate of drug-likeness (QED) is 0.447. The Hall–Kier alpha value is 0.480. The number of hydrogen-bond donors (Lipinski definition) is 0. The predicted octanol–water partition coefficient (Wildman–Crippen LogP) is -1.80. The Morgan fingerprint density at radius 2 is 0.875 bits per heavy atom. The van der Waals surface area contributed by atoms with Gasteiger partial charge in [-0.2, -0.15) is 0 Å². The SMILES string of the molecule is Cl[I-]c1ccccc1.Cl[I-]c1ccccc1. The molecule has 2 aromatic rings. The van der Waals surface area contributed by atoms with E-state index in [1.54, 1.807) is 0 Å². The van der Waals surface area contributed by atoms with E-state index in [-0.39, 0.29) is 40.2 Å². The maximum atomic E-state index is 5.64. The van der Waals surface area contributed by atoms with E-state index in [9.17, 15) is 0 Å². The molecule has 0 N–H and O–H groups in total. The van der Waals surface area contributed by atoms with Crippen LogP contribution in [0.25, 0.3) is 0 Å². The van der Waals surface area contributed by atoms with Crippen molar-refractivity contribution in [1.82, 2.24) is 0 Å². The van der Waals surface area contributed by atoms with Crippen LogP contribution in [-0.2, 0) is 0 Å². The van der Waals surface area contributed by atoms with Crippen LogP contribution in [0.5, 0.6) is 0 Å². The summed E-state index contributed by atoms with van der Waals surface area (Å²) in [5.41, 5.74) is 0. The Bertz CT molecular complexity index is 339. The summed E-state index contributed by atoms with van der Waals surface area (Å²) in [4.78, 5) is 0. The van der Waals surface area contributed by atoms with Crippen molar-refractivity contribution in [3.8, 4) is 0 Å². The maximum absolute atomic E-state index is 5.64. The average Bonchev–Trinajstić information content (AvgIpc) is 2.41. The Kier molecular flexibility index (Phi) is 8.64. The molecule has 0 nitrogen and oxygen atoms in total. The third-order valence-corrected chi connectivity index (χ3v) is 6.22. The minimum absolute atomic E-state index is 0.218. The third-order valence-electron chi connectivity index (χ3n) is 1.63. The second kappa shape index (κ2) is 9.50. The van der Waals surface area contributed by atoms with Crippen LogP contribution >= 0.6 is 17.8 Å². The molecule has 2 aromatic carbocycles. The van der Waals surface area contributed by atoms with Crippen molar-refractivity contribution >= 4 is 17.8 Å². The van der Waals surface area contributed by atoms with Gasteiger partial charge in [0.2, 0.25) is 0 Å². The van der Waals surface area contributed by atoms with Gasteiger partial charge in [0, 0.05) is 0 Å². The van der Waals surface area contributed by atoms with Gasteiger partial charge < -0.3 is 0 Å². The molecule has 0 bridgehead atoms. The van der Waals surface area contributed by atoms with Gasteiger partial charge in [0.25, 0.3) is 0 Å². The molecule has 2 rings (SSSR count). The summed E-state index contributed by atoms with van der Waals surface area (Å²) in [6, 6.07) is 20.3. The molecule has 0 amide bonds. The van der Waals surface area contributed by atoms with Crippen LogP contribution in [0.2, 0.25) is 0 Å². The standard InChI is InChI=1S/2C6H5ClI/c2*7-8-6-4-2-1-3-5-6/h2*1-5H/q2*-1. The summed E-state index contributed by atoms with van der Waals surface area (Å²) < 4.78 is 2.57. The first-order valence-corrected chi connectivity index (χ1v) is 12.1. The number of hydrogen-bond acceptors (Lipinski definition) is 0. The van der Waals surface area contributed by atoms with Gasteiger partial charge in [-0.3, -0.25) is 0 Å². The zero-order valence-corrected chi connectivity index (χ0v) is 14.1. The summed E-state index contributed by atoms with van der Waals surface area (Å²) in [5, 5.41) is 0. The molecular weight excluding hydrogens is 469 g/mol. The van der Waals surface area contributed by atoms with Crippen LogP contribution in [0.3, 0.4) is 0 Å². The summed E-state index contributed by atoms with van der Waals surface area (Å²) >= 11 is -0.437. The molecule has 0 unspecified atom stereocenters. The molecule has 88 valence electrons. The molecule has 0 aromatic heterocycles. The second-order valence-electron chi connectivity index (χ2n) is 2.73. The van der Waals surface area contributed by atoms with E-state index in [4.69, 9.17) is 17.8 Å². The van der Waals surface area contributed by atoms with Gasteiger partial charge in [0.1, 0.15) is 0 Å². The second-order valence-corrected chi connectivity index (χ2v) is 7.96. The monoisotopic (exact) mass is 478 g/mol. The molecule has 0 aliphatic carbocycles. The average molecular weight is 479 g/mol. The summed E-state index contributed by atoms with van der Waals surface area (Å²) in [6.07, 6.45) is 0. The predicted molar refractivity (Wildman–Crippen MR) is 62.0 cm³/mol. The minimum atomic E-state index is -0.218. The first kappa shape index (κ1) is 14.5. The van der Waals surface area contributed by atoms with Gasteiger partial charge in [-0.05, 0) is 0 Å². The van der Waals surface area contributed by atoms with Crippen LogP contribution in [0.15, 0.2) is 60.7 Å². The first-order chi connectivity index (χ1) is 7.86. The van der Waals surface area contributed by atoms with Crippen LogP contribution in [0, 0.1) is 7.14 Å². The molecule has 0 aliphatic heterocycles. The van der Waals surface area contributed by atoms with E-state index in [0.29, 0.717) is 0 Å². The molecular formula is C12H10Cl2I2-2. The number of halogens is 4. The van der Waals surface area contributed by atoms with Crippen molar-refractivity contribution in [2.75, 3.05) is 0 Å².